The largest absolute Gasteiger partial charge is 0.396 e. The first-order valence-corrected chi connectivity index (χ1v) is 8.03. The maximum atomic E-state index is 9.60. The van der Waals surface area contributed by atoms with Gasteiger partial charge in [-0.2, -0.15) is 0 Å². The molecule has 0 saturated carbocycles. The molecule has 3 nitrogen and oxygen atoms in total. The number of aliphatic hydroxyl groups excluding tert-OH is 1. The first kappa shape index (κ1) is 18.9. The summed E-state index contributed by atoms with van der Waals surface area (Å²) in [5, 5.41) is 9.60. The Kier molecular flexibility index (Phi) is 11.6. The van der Waals surface area contributed by atoms with E-state index in [9.17, 15) is 5.11 Å². The van der Waals surface area contributed by atoms with Gasteiger partial charge in [-0.25, -0.2) is 0 Å². The van der Waals surface area contributed by atoms with Crippen molar-refractivity contribution in [3.63, 3.8) is 0 Å². The fraction of sp³-hybridized carbons (Fsp3) is 1.00. The van der Waals surface area contributed by atoms with Gasteiger partial charge in [0.15, 0.2) is 5.79 Å². The molecule has 0 fully saturated rings. The summed E-state index contributed by atoms with van der Waals surface area (Å²) < 4.78 is 11.5. The van der Waals surface area contributed by atoms with Crippen LogP contribution in [0.3, 0.4) is 0 Å². The molecule has 0 amide bonds. The lowest BCUT2D eigenvalue weighted by molar-refractivity contribution is -0.258. The van der Waals surface area contributed by atoms with Crippen LogP contribution in [0.25, 0.3) is 0 Å². The summed E-state index contributed by atoms with van der Waals surface area (Å²) in [4.78, 5) is 0. The highest BCUT2D eigenvalue weighted by Crippen LogP contribution is 2.28. The Labute approximate surface area is 119 Å². The molecule has 1 unspecified atom stereocenters. The van der Waals surface area contributed by atoms with Crippen molar-refractivity contribution in [2.75, 3.05) is 19.8 Å². The average molecular weight is 274 g/mol. The van der Waals surface area contributed by atoms with Gasteiger partial charge in [-0.3, -0.25) is 0 Å². The second kappa shape index (κ2) is 11.7. The van der Waals surface area contributed by atoms with E-state index >= 15 is 0 Å². The monoisotopic (exact) mass is 274 g/mol. The van der Waals surface area contributed by atoms with Gasteiger partial charge >= 0.3 is 0 Å². The van der Waals surface area contributed by atoms with Gasteiger partial charge in [-0.15, -0.1) is 0 Å². The lowest BCUT2D eigenvalue weighted by Crippen LogP contribution is -2.42. The molecule has 1 N–H and O–H groups in total. The number of hydrogen-bond acceptors (Lipinski definition) is 3. The number of rotatable bonds is 13. The van der Waals surface area contributed by atoms with E-state index in [2.05, 4.69) is 6.92 Å². The van der Waals surface area contributed by atoms with E-state index in [4.69, 9.17) is 9.47 Å². The van der Waals surface area contributed by atoms with Gasteiger partial charge in [0.2, 0.25) is 0 Å². The predicted molar refractivity (Wildman–Crippen MR) is 80.2 cm³/mol. The third-order valence-electron chi connectivity index (χ3n) is 3.73. The summed E-state index contributed by atoms with van der Waals surface area (Å²) in [5.41, 5.74) is 0. The maximum Gasteiger partial charge on any atom is 0.170 e. The van der Waals surface area contributed by atoms with Gasteiger partial charge in [0, 0.05) is 19.1 Å². The standard InChI is InChI=1S/C16H34O3/c1-5-8-9-10-11-12-13-15(14-17)16(4,18-6-2)19-7-3/h15,17H,5-14H2,1-4H3. The van der Waals surface area contributed by atoms with Gasteiger partial charge in [0.05, 0.1) is 6.61 Å². The number of ether oxygens (including phenoxy) is 2. The molecule has 19 heavy (non-hydrogen) atoms. The van der Waals surface area contributed by atoms with Gasteiger partial charge in [-0.1, -0.05) is 45.4 Å². The van der Waals surface area contributed by atoms with Crippen LogP contribution in [0, 0.1) is 5.92 Å². The van der Waals surface area contributed by atoms with E-state index in [1.54, 1.807) is 0 Å². The Morgan fingerprint density at radius 1 is 0.895 bits per heavy atom. The predicted octanol–water partition coefficient (Wildman–Crippen LogP) is 4.13. The van der Waals surface area contributed by atoms with Crippen LogP contribution in [-0.2, 0) is 9.47 Å². The fourth-order valence-corrected chi connectivity index (χ4v) is 2.54. The summed E-state index contributed by atoms with van der Waals surface area (Å²) in [5.74, 6) is -0.569. The minimum Gasteiger partial charge on any atom is -0.396 e. The van der Waals surface area contributed by atoms with Gasteiger partial charge in [-0.05, 0) is 27.2 Å². The molecular formula is C16H34O3. The Hall–Kier alpha value is -0.120. The topological polar surface area (TPSA) is 38.7 Å². The van der Waals surface area contributed by atoms with E-state index in [1.165, 1.54) is 32.1 Å². The van der Waals surface area contributed by atoms with Crippen LogP contribution in [0.2, 0.25) is 0 Å². The number of hydrogen-bond donors (Lipinski definition) is 1. The zero-order valence-corrected chi connectivity index (χ0v) is 13.4. The summed E-state index contributed by atoms with van der Waals surface area (Å²) >= 11 is 0. The Bertz CT molecular complexity index is 188. The lowest BCUT2D eigenvalue weighted by Gasteiger charge is -2.36. The van der Waals surface area contributed by atoms with E-state index < -0.39 is 5.79 Å². The van der Waals surface area contributed by atoms with Crippen molar-refractivity contribution in [2.45, 2.75) is 78.4 Å². The van der Waals surface area contributed by atoms with Crippen molar-refractivity contribution in [3.8, 4) is 0 Å². The van der Waals surface area contributed by atoms with Crippen LogP contribution in [-0.4, -0.2) is 30.7 Å². The molecule has 0 spiro atoms. The quantitative estimate of drug-likeness (QED) is 0.405. The minimum absolute atomic E-state index is 0.0681. The van der Waals surface area contributed by atoms with Crippen molar-refractivity contribution in [1.82, 2.24) is 0 Å². The van der Waals surface area contributed by atoms with Gasteiger partial charge < -0.3 is 14.6 Å². The van der Waals surface area contributed by atoms with E-state index in [-0.39, 0.29) is 12.5 Å². The molecule has 0 saturated heterocycles. The van der Waals surface area contributed by atoms with Crippen LogP contribution in [0.5, 0.6) is 0 Å². The summed E-state index contributed by atoms with van der Waals surface area (Å²) in [6, 6.07) is 0. The molecule has 1 atom stereocenters. The zero-order chi connectivity index (χ0) is 14.6. The fourth-order valence-electron chi connectivity index (χ4n) is 2.54. The summed E-state index contributed by atoms with van der Waals surface area (Å²) in [6.07, 6.45) is 8.60. The molecule has 3 heteroatoms. The molecule has 0 radical (unpaired) electrons. The van der Waals surface area contributed by atoms with Crippen molar-refractivity contribution in [3.05, 3.63) is 0 Å². The second-order valence-electron chi connectivity index (χ2n) is 5.32. The molecule has 0 aliphatic heterocycles. The van der Waals surface area contributed by atoms with E-state index in [0.717, 1.165) is 12.8 Å². The molecule has 0 aromatic heterocycles. The van der Waals surface area contributed by atoms with Gasteiger partial charge in [0.1, 0.15) is 0 Å². The lowest BCUT2D eigenvalue weighted by atomic mass is 9.93. The Morgan fingerprint density at radius 2 is 1.42 bits per heavy atom. The molecule has 0 rings (SSSR count). The van der Waals surface area contributed by atoms with Crippen LogP contribution >= 0.6 is 0 Å². The molecule has 0 aromatic rings. The SMILES string of the molecule is CCCCCCCCC(CO)C(C)(OCC)OCC. The molecule has 116 valence electrons. The van der Waals surface area contributed by atoms with Crippen LogP contribution < -0.4 is 0 Å². The molecule has 0 bridgehead atoms. The third-order valence-corrected chi connectivity index (χ3v) is 3.73. The average Bonchev–Trinajstić information content (AvgIpc) is 2.38. The van der Waals surface area contributed by atoms with Crippen molar-refractivity contribution in [2.24, 2.45) is 5.92 Å². The highest BCUT2D eigenvalue weighted by Gasteiger charge is 2.34. The van der Waals surface area contributed by atoms with E-state index in [0.29, 0.717) is 13.2 Å². The second-order valence-corrected chi connectivity index (χ2v) is 5.32. The van der Waals surface area contributed by atoms with Crippen LogP contribution in [0.15, 0.2) is 0 Å². The number of unbranched alkanes of at least 4 members (excludes halogenated alkanes) is 5. The molecular weight excluding hydrogens is 240 g/mol. The highest BCUT2D eigenvalue weighted by atomic mass is 16.7. The maximum absolute atomic E-state index is 9.60. The van der Waals surface area contributed by atoms with Crippen molar-refractivity contribution < 1.29 is 14.6 Å². The molecule has 0 aromatic carbocycles. The Balaban J connectivity index is 4.07. The van der Waals surface area contributed by atoms with Crippen molar-refractivity contribution >= 4 is 0 Å². The molecule has 0 aliphatic carbocycles. The molecule has 0 heterocycles. The number of aliphatic hydroxyl groups is 1. The third kappa shape index (κ3) is 7.91. The van der Waals surface area contributed by atoms with E-state index in [1.807, 2.05) is 20.8 Å². The highest BCUT2D eigenvalue weighted by molar-refractivity contribution is 4.75. The summed E-state index contributed by atoms with van der Waals surface area (Å²) in [6.45, 7) is 9.49. The Morgan fingerprint density at radius 3 is 1.89 bits per heavy atom. The smallest absolute Gasteiger partial charge is 0.170 e. The summed E-state index contributed by atoms with van der Waals surface area (Å²) in [7, 11) is 0. The van der Waals surface area contributed by atoms with Crippen molar-refractivity contribution in [1.29, 1.82) is 0 Å². The first-order valence-electron chi connectivity index (χ1n) is 8.03. The van der Waals surface area contributed by atoms with Crippen LogP contribution in [0.1, 0.15) is 72.6 Å². The normalized spacial score (nSPS) is 13.7. The minimum atomic E-state index is -0.637. The first-order chi connectivity index (χ1) is 9.14. The molecule has 0 aliphatic rings. The van der Waals surface area contributed by atoms with Gasteiger partial charge in [0.25, 0.3) is 0 Å². The zero-order valence-electron chi connectivity index (χ0n) is 13.4. The van der Waals surface area contributed by atoms with Crippen LogP contribution in [0.4, 0.5) is 0 Å².